The van der Waals surface area contributed by atoms with Crippen molar-refractivity contribution in [2.45, 2.75) is 6.54 Å². The summed E-state index contributed by atoms with van der Waals surface area (Å²) >= 11 is 1.18. The van der Waals surface area contributed by atoms with Crippen molar-refractivity contribution in [3.63, 3.8) is 0 Å². The number of nitrogen functional groups attached to an aromatic ring is 1. The molecule has 0 spiro atoms. The average Bonchev–Trinajstić information content (AvgIpc) is 3.54. The smallest absolute Gasteiger partial charge is 0.298 e. The van der Waals surface area contributed by atoms with Crippen molar-refractivity contribution in [1.82, 2.24) is 14.1 Å². The summed E-state index contributed by atoms with van der Waals surface area (Å²) in [5.74, 6) is -0.424. The molecule has 0 fully saturated rings. The molecule has 3 aromatic heterocycles. The number of thiophene rings is 1. The van der Waals surface area contributed by atoms with Gasteiger partial charge in [0.15, 0.2) is 5.82 Å². The van der Waals surface area contributed by atoms with Crippen LogP contribution >= 0.6 is 11.3 Å². The number of nitrogens with two attached hydrogens (primary N) is 2. The van der Waals surface area contributed by atoms with E-state index in [1.165, 1.54) is 15.9 Å². The van der Waals surface area contributed by atoms with Crippen LogP contribution in [0.5, 0.6) is 0 Å². The molecule has 0 saturated heterocycles. The number of nitrogens with one attached hydrogen (secondary N) is 1. The summed E-state index contributed by atoms with van der Waals surface area (Å²) in [6.45, 7) is 0.428. The second-order valence-electron chi connectivity index (χ2n) is 8.56. The Morgan fingerprint density at radius 1 is 0.919 bits per heavy atom. The molecule has 0 unspecified atom stereocenters. The van der Waals surface area contributed by atoms with Gasteiger partial charge in [0.2, 0.25) is 0 Å². The summed E-state index contributed by atoms with van der Waals surface area (Å²) in [7, 11) is 0. The molecule has 6 rings (SSSR count). The van der Waals surface area contributed by atoms with Gasteiger partial charge in [0.25, 0.3) is 11.5 Å². The molecule has 8 nitrogen and oxygen atoms in total. The van der Waals surface area contributed by atoms with Crippen LogP contribution < -0.4 is 22.3 Å². The molecule has 0 saturated carbocycles. The van der Waals surface area contributed by atoms with E-state index in [4.69, 9.17) is 11.5 Å². The van der Waals surface area contributed by atoms with Gasteiger partial charge in [0.05, 0.1) is 21.6 Å². The van der Waals surface area contributed by atoms with Crippen molar-refractivity contribution in [2.24, 2.45) is 5.73 Å². The summed E-state index contributed by atoms with van der Waals surface area (Å²) in [5.41, 5.74) is 16.0. The van der Waals surface area contributed by atoms with Crippen molar-refractivity contribution in [3.05, 3.63) is 112 Å². The van der Waals surface area contributed by atoms with E-state index in [-0.39, 0.29) is 11.7 Å². The summed E-state index contributed by atoms with van der Waals surface area (Å²) in [6, 6.07) is 26.8. The number of rotatable bonds is 5. The lowest BCUT2D eigenvalue weighted by molar-refractivity contribution is 0.103. The standard InChI is InChI=1S/C28H22N6O2S/c29-16-17-6-9-19(10-7-17)31-26(35)24-15-23-27(37-24)32-25(30)28(36)34(23)21-11-8-18-12-13-33(22(18)14-21)20-4-2-1-3-5-20/h1-15H,16,29H2,(H2,30,32)(H,31,35). The second kappa shape index (κ2) is 9.05. The number of benzene rings is 3. The highest BCUT2D eigenvalue weighted by molar-refractivity contribution is 7.20. The third kappa shape index (κ3) is 4.06. The lowest BCUT2D eigenvalue weighted by Crippen LogP contribution is -2.22. The molecule has 37 heavy (non-hydrogen) atoms. The third-order valence-corrected chi connectivity index (χ3v) is 7.24. The lowest BCUT2D eigenvalue weighted by atomic mass is 10.2. The molecule has 1 amide bonds. The number of anilines is 2. The maximum absolute atomic E-state index is 13.2. The van der Waals surface area contributed by atoms with Crippen LogP contribution in [-0.4, -0.2) is 20.0 Å². The molecule has 182 valence electrons. The van der Waals surface area contributed by atoms with E-state index in [1.807, 2.05) is 72.9 Å². The van der Waals surface area contributed by atoms with E-state index in [9.17, 15) is 9.59 Å². The van der Waals surface area contributed by atoms with Gasteiger partial charge in [-0.25, -0.2) is 4.98 Å². The first kappa shape index (κ1) is 22.7. The highest BCUT2D eigenvalue weighted by atomic mass is 32.1. The number of para-hydroxylation sites is 1. The fourth-order valence-corrected chi connectivity index (χ4v) is 5.27. The number of fused-ring (bicyclic) bond motifs is 2. The van der Waals surface area contributed by atoms with E-state index in [0.29, 0.717) is 33.1 Å². The zero-order valence-corrected chi connectivity index (χ0v) is 20.4. The van der Waals surface area contributed by atoms with Gasteiger partial charge in [-0.05, 0) is 54.1 Å². The van der Waals surface area contributed by atoms with Crippen molar-refractivity contribution >= 4 is 50.0 Å². The Bertz CT molecular complexity index is 1830. The molecular weight excluding hydrogens is 484 g/mol. The third-order valence-electron chi connectivity index (χ3n) is 6.22. The summed E-state index contributed by atoms with van der Waals surface area (Å²) < 4.78 is 3.58. The molecular formula is C28H22N6O2S. The maximum atomic E-state index is 13.2. The van der Waals surface area contributed by atoms with Crippen LogP contribution in [0.2, 0.25) is 0 Å². The zero-order valence-electron chi connectivity index (χ0n) is 19.6. The van der Waals surface area contributed by atoms with E-state index in [2.05, 4.69) is 14.9 Å². The predicted molar refractivity (Wildman–Crippen MR) is 149 cm³/mol. The van der Waals surface area contributed by atoms with Gasteiger partial charge in [-0.15, -0.1) is 11.3 Å². The van der Waals surface area contributed by atoms with Gasteiger partial charge in [-0.1, -0.05) is 36.4 Å². The quantitative estimate of drug-likeness (QED) is 0.313. The monoisotopic (exact) mass is 506 g/mol. The van der Waals surface area contributed by atoms with Crippen LogP contribution in [0.3, 0.4) is 0 Å². The van der Waals surface area contributed by atoms with Gasteiger partial charge in [0, 0.05) is 29.5 Å². The molecule has 0 radical (unpaired) electrons. The lowest BCUT2D eigenvalue weighted by Gasteiger charge is -2.10. The average molecular weight is 507 g/mol. The SMILES string of the molecule is NCc1ccc(NC(=O)c2cc3c(nc(N)c(=O)n3-c3ccc4ccn(-c5ccccc5)c4c3)s2)cc1. The molecule has 0 aliphatic carbocycles. The van der Waals surface area contributed by atoms with Crippen molar-refractivity contribution < 1.29 is 4.79 Å². The van der Waals surface area contributed by atoms with Crippen molar-refractivity contribution in [3.8, 4) is 11.4 Å². The molecule has 6 aromatic rings. The molecule has 0 bridgehead atoms. The number of carbonyl (C=O) groups excluding carboxylic acids is 1. The Morgan fingerprint density at radius 3 is 2.46 bits per heavy atom. The fourth-order valence-electron chi connectivity index (χ4n) is 4.35. The van der Waals surface area contributed by atoms with Crippen molar-refractivity contribution in [1.29, 1.82) is 0 Å². The first-order chi connectivity index (χ1) is 18.0. The maximum Gasteiger partial charge on any atom is 0.298 e. The van der Waals surface area contributed by atoms with Crippen LogP contribution in [0.15, 0.2) is 95.9 Å². The number of aromatic nitrogens is 3. The van der Waals surface area contributed by atoms with Gasteiger partial charge in [-0.3, -0.25) is 14.2 Å². The van der Waals surface area contributed by atoms with E-state index >= 15 is 0 Å². The van der Waals surface area contributed by atoms with Gasteiger partial charge in [0.1, 0.15) is 4.83 Å². The molecule has 0 aliphatic heterocycles. The Kier molecular flexibility index (Phi) is 5.56. The van der Waals surface area contributed by atoms with Crippen LogP contribution in [0.4, 0.5) is 11.5 Å². The van der Waals surface area contributed by atoms with Gasteiger partial charge in [-0.2, -0.15) is 0 Å². The Balaban J connectivity index is 1.44. The van der Waals surface area contributed by atoms with Gasteiger partial charge < -0.3 is 21.4 Å². The number of nitrogens with zero attached hydrogens (tertiary/aromatic N) is 3. The van der Waals surface area contributed by atoms with Crippen LogP contribution in [0.25, 0.3) is 32.6 Å². The minimum Gasteiger partial charge on any atom is -0.379 e. The second-order valence-corrected chi connectivity index (χ2v) is 9.59. The van der Waals surface area contributed by atoms with Crippen LogP contribution in [0, 0.1) is 0 Å². The first-order valence-corrected chi connectivity index (χ1v) is 12.4. The predicted octanol–water partition coefficient (Wildman–Crippen LogP) is 4.68. The molecule has 9 heteroatoms. The Labute approximate surface area is 215 Å². The number of amides is 1. The fraction of sp³-hybridized carbons (Fsp3) is 0.0357. The molecule has 0 atom stereocenters. The minimum atomic E-state index is -0.438. The Morgan fingerprint density at radius 2 is 1.70 bits per heavy atom. The molecule has 3 heterocycles. The number of hydrogen-bond donors (Lipinski definition) is 3. The number of carbonyl (C=O) groups is 1. The molecule has 0 aliphatic rings. The van der Waals surface area contributed by atoms with Crippen molar-refractivity contribution in [2.75, 3.05) is 11.1 Å². The van der Waals surface area contributed by atoms with Crippen LogP contribution in [-0.2, 0) is 6.54 Å². The zero-order chi connectivity index (χ0) is 25.5. The normalized spacial score (nSPS) is 11.3. The topological polar surface area (TPSA) is 121 Å². The van der Waals surface area contributed by atoms with E-state index in [0.717, 1.165) is 22.2 Å². The molecule has 3 aromatic carbocycles. The minimum absolute atomic E-state index is 0.128. The van der Waals surface area contributed by atoms with E-state index in [1.54, 1.807) is 18.2 Å². The number of hydrogen-bond acceptors (Lipinski definition) is 6. The molecule has 5 N–H and O–H groups in total. The van der Waals surface area contributed by atoms with Gasteiger partial charge >= 0.3 is 0 Å². The first-order valence-electron chi connectivity index (χ1n) is 11.6. The highest BCUT2D eigenvalue weighted by Gasteiger charge is 2.18. The van der Waals surface area contributed by atoms with E-state index < -0.39 is 5.56 Å². The highest BCUT2D eigenvalue weighted by Crippen LogP contribution is 2.29. The largest absolute Gasteiger partial charge is 0.379 e. The summed E-state index contributed by atoms with van der Waals surface area (Å²) in [5, 5.41) is 3.92. The summed E-state index contributed by atoms with van der Waals surface area (Å²) in [4.78, 5) is 31.4. The summed E-state index contributed by atoms with van der Waals surface area (Å²) in [6.07, 6.45) is 2.00. The van der Waals surface area contributed by atoms with Crippen LogP contribution in [0.1, 0.15) is 15.2 Å². The Hall–Kier alpha value is -4.73.